The fourth-order valence-electron chi connectivity index (χ4n) is 3.74. The van der Waals surface area contributed by atoms with E-state index in [2.05, 4.69) is 30.2 Å². The fraction of sp³-hybridized carbons (Fsp3) is 0.304. The number of benzene rings is 2. The Balaban J connectivity index is 0.00000324. The maximum absolute atomic E-state index is 13.0. The quantitative estimate of drug-likeness (QED) is 0.449. The Labute approximate surface area is 206 Å². The lowest BCUT2D eigenvalue weighted by molar-refractivity contribution is 0.410. The Hall–Kier alpha value is -3.08. The molecular weight excluding hydrogens is 476 g/mol. The highest BCUT2D eigenvalue weighted by molar-refractivity contribution is 7.92. The van der Waals surface area contributed by atoms with E-state index in [1.54, 1.807) is 55.6 Å². The molecule has 9 nitrogen and oxygen atoms in total. The van der Waals surface area contributed by atoms with Crippen LogP contribution in [-0.2, 0) is 10.0 Å². The highest BCUT2D eigenvalue weighted by Gasteiger charge is 2.19. The number of nitrogens with one attached hydrogen (secondary N) is 3. The van der Waals surface area contributed by atoms with Gasteiger partial charge in [-0.25, -0.2) is 13.4 Å². The second-order valence-corrected chi connectivity index (χ2v) is 9.52. The third-order valence-electron chi connectivity index (χ3n) is 5.43. The minimum Gasteiger partial charge on any atom is -0.496 e. The molecule has 0 atom stereocenters. The van der Waals surface area contributed by atoms with Crippen molar-refractivity contribution in [2.45, 2.75) is 18.7 Å². The van der Waals surface area contributed by atoms with Gasteiger partial charge in [0.15, 0.2) is 0 Å². The number of sulfonamides is 1. The van der Waals surface area contributed by atoms with Gasteiger partial charge in [-0.2, -0.15) is 4.98 Å². The summed E-state index contributed by atoms with van der Waals surface area (Å²) in [7, 11) is -2.24. The summed E-state index contributed by atoms with van der Waals surface area (Å²) in [5.41, 5.74) is 2.79. The molecule has 1 saturated heterocycles. The van der Waals surface area contributed by atoms with Crippen LogP contribution in [0.25, 0.3) is 0 Å². The maximum atomic E-state index is 13.0. The summed E-state index contributed by atoms with van der Waals surface area (Å²) in [6.07, 6.45) is 1.73. The lowest BCUT2D eigenvalue weighted by Crippen LogP contribution is -2.44. The van der Waals surface area contributed by atoms with Crippen molar-refractivity contribution in [3.63, 3.8) is 0 Å². The smallest absolute Gasteiger partial charge is 0.262 e. The van der Waals surface area contributed by atoms with Gasteiger partial charge in [-0.3, -0.25) is 4.72 Å². The summed E-state index contributed by atoms with van der Waals surface area (Å²) in [5.74, 6) is 1.90. The van der Waals surface area contributed by atoms with Crippen LogP contribution in [-0.4, -0.2) is 51.7 Å². The SMILES string of the molecule is COc1cc(S(=O)(=O)Nc2ccc(Nc3ccnc(N4CCNCC4)n3)cc2)c(C)cc1C.Cl. The van der Waals surface area contributed by atoms with Gasteiger partial charge < -0.3 is 20.3 Å². The average Bonchev–Trinajstić information content (AvgIpc) is 2.81. The number of hydrogen-bond donors (Lipinski definition) is 3. The van der Waals surface area contributed by atoms with Crippen molar-refractivity contribution in [2.24, 2.45) is 0 Å². The number of hydrogen-bond acceptors (Lipinski definition) is 8. The molecule has 3 aromatic rings. The van der Waals surface area contributed by atoms with E-state index in [0.717, 1.165) is 37.4 Å². The summed E-state index contributed by atoms with van der Waals surface area (Å²) in [6.45, 7) is 7.20. The van der Waals surface area contributed by atoms with Crippen LogP contribution in [0.4, 0.5) is 23.1 Å². The summed E-state index contributed by atoms with van der Waals surface area (Å²) in [4.78, 5) is 11.3. The van der Waals surface area contributed by atoms with Crippen LogP contribution in [0.1, 0.15) is 11.1 Å². The first-order valence-corrected chi connectivity index (χ1v) is 12.2. The highest BCUT2D eigenvalue weighted by Crippen LogP contribution is 2.28. The van der Waals surface area contributed by atoms with Crippen LogP contribution in [0.15, 0.2) is 53.6 Å². The molecule has 0 amide bonds. The molecule has 3 N–H and O–H groups in total. The van der Waals surface area contributed by atoms with Gasteiger partial charge in [-0.05, 0) is 55.3 Å². The largest absolute Gasteiger partial charge is 0.496 e. The molecule has 0 radical (unpaired) electrons. The molecule has 0 saturated carbocycles. The van der Waals surface area contributed by atoms with Crippen LogP contribution < -0.4 is 25.0 Å². The molecule has 11 heteroatoms. The van der Waals surface area contributed by atoms with Crippen molar-refractivity contribution in [2.75, 3.05) is 48.2 Å². The molecule has 0 aliphatic carbocycles. The molecular formula is C23H29ClN6O3S. The number of methoxy groups -OCH3 is 1. The van der Waals surface area contributed by atoms with Crippen LogP contribution in [0.5, 0.6) is 5.75 Å². The van der Waals surface area contributed by atoms with E-state index in [4.69, 9.17) is 4.74 Å². The zero-order valence-corrected chi connectivity index (χ0v) is 21.0. The number of halogens is 1. The highest BCUT2D eigenvalue weighted by atomic mass is 35.5. The normalized spacial score (nSPS) is 13.7. The average molecular weight is 505 g/mol. The minimum absolute atomic E-state index is 0. The molecule has 0 bridgehead atoms. The van der Waals surface area contributed by atoms with E-state index in [-0.39, 0.29) is 17.3 Å². The van der Waals surface area contributed by atoms with E-state index in [0.29, 0.717) is 28.8 Å². The van der Waals surface area contributed by atoms with Gasteiger partial charge in [0, 0.05) is 49.8 Å². The van der Waals surface area contributed by atoms with E-state index in [1.165, 1.54) is 7.11 Å². The van der Waals surface area contributed by atoms with E-state index < -0.39 is 10.0 Å². The van der Waals surface area contributed by atoms with Crippen molar-refractivity contribution in [1.29, 1.82) is 0 Å². The molecule has 182 valence electrons. The monoisotopic (exact) mass is 504 g/mol. The second kappa shape index (κ2) is 10.9. The molecule has 34 heavy (non-hydrogen) atoms. The van der Waals surface area contributed by atoms with Crippen molar-refractivity contribution >= 4 is 45.6 Å². The van der Waals surface area contributed by atoms with Gasteiger partial charge in [-0.1, -0.05) is 6.07 Å². The van der Waals surface area contributed by atoms with E-state index >= 15 is 0 Å². The summed E-state index contributed by atoms with van der Waals surface area (Å²) in [5, 5.41) is 6.56. The molecule has 1 fully saturated rings. The van der Waals surface area contributed by atoms with Gasteiger partial charge in [0.1, 0.15) is 11.6 Å². The number of anilines is 4. The molecule has 4 rings (SSSR count). The first kappa shape index (κ1) is 25.5. The molecule has 2 aromatic carbocycles. The van der Waals surface area contributed by atoms with Crippen LogP contribution >= 0.6 is 12.4 Å². The number of rotatable bonds is 7. The number of aryl methyl sites for hydroxylation is 2. The van der Waals surface area contributed by atoms with Crippen LogP contribution in [0.2, 0.25) is 0 Å². The Morgan fingerprint density at radius 1 is 1.00 bits per heavy atom. The number of ether oxygens (including phenoxy) is 1. The van der Waals surface area contributed by atoms with Crippen LogP contribution in [0, 0.1) is 13.8 Å². The maximum Gasteiger partial charge on any atom is 0.262 e. The van der Waals surface area contributed by atoms with Gasteiger partial charge in [-0.15, -0.1) is 12.4 Å². The molecule has 2 heterocycles. The molecule has 1 aliphatic heterocycles. The Kier molecular flexibility index (Phi) is 8.19. The third kappa shape index (κ3) is 5.88. The van der Waals surface area contributed by atoms with Crippen molar-refractivity contribution in [1.82, 2.24) is 15.3 Å². The standard InChI is InChI=1S/C23H28N6O3S.ClH/c1-16-14-17(2)21(15-20(16)32-3)33(30,31)28-19-6-4-18(5-7-19)26-22-8-9-25-23(27-22)29-12-10-24-11-13-29;/h4-9,14-15,24,28H,10-13H2,1-3H3,(H,25,26,27);1H. The summed E-state index contributed by atoms with van der Waals surface area (Å²) in [6, 6.07) is 12.2. The number of nitrogens with zero attached hydrogens (tertiary/aromatic N) is 3. The van der Waals surface area contributed by atoms with Crippen molar-refractivity contribution in [3.8, 4) is 5.75 Å². The first-order chi connectivity index (χ1) is 15.9. The summed E-state index contributed by atoms with van der Waals surface area (Å²) < 4.78 is 33.8. The topological polar surface area (TPSA) is 108 Å². The zero-order valence-electron chi connectivity index (χ0n) is 19.3. The number of aromatic nitrogens is 2. The second-order valence-electron chi connectivity index (χ2n) is 7.87. The first-order valence-electron chi connectivity index (χ1n) is 10.7. The lowest BCUT2D eigenvalue weighted by atomic mass is 10.1. The van der Waals surface area contributed by atoms with Gasteiger partial charge >= 0.3 is 0 Å². The van der Waals surface area contributed by atoms with Gasteiger partial charge in [0.25, 0.3) is 10.0 Å². The summed E-state index contributed by atoms with van der Waals surface area (Å²) >= 11 is 0. The zero-order chi connectivity index (χ0) is 23.4. The van der Waals surface area contributed by atoms with Gasteiger partial charge in [0.05, 0.1) is 12.0 Å². The van der Waals surface area contributed by atoms with Crippen LogP contribution in [0.3, 0.4) is 0 Å². The van der Waals surface area contributed by atoms with E-state index in [9.17, 15) is 8.42 Å². The molecule has 0 spiro atoms. The third-order valence-corrected chi connectivity index (χ3v) is 6.96. The minimum atomic E-state index is -3.76. The van der Waals surface area contributed by atoms with Crippen molar-refractivity contribution < 1.29 is 13.2 Å². The predicted molar refractivity (Wildman–Crippen MR) is 137 cm³/mol. The fourth-order valence-corrected chi connectivity index (χ4v) is 5.04. The molecule has 0 unspecified atom stereocenters. The Morgan fingerprint density at radius 3 is 2.35 bits per heavy atom. The van der Waals surface area contributed by atoms with Crippen molar-refractivity contribution in [3.05, 3.63) is 59.8 Å². The lowest BCUT2D eigenvalue weighted by Gasteiger charge is -2.27. The Bertz CT molecular complexity index is 1230. The molecule has 1 aliphatic rings. The molecule has 1 aromatic heterocycles. The van der Waals surface area contributed by atoms with Gasteiger partial charge in [0.2, 0.25) is 5.95 Å². The predicted octanol–water partition coefficient (Wildman–Crippen LogP) is 3.48. The Morgan fingerprint density at radius 2 is 1.68 bits per heavy atom. The van der Waals surface area contributed by atoms with E-state index in [1.807, 2.05) is 6.92 Å². The number of piperazine rings is 1.